The van der Waals surface area contributed by atoms with Gasteiger partial charge in [0.15, 0.2) is 11.5 Å². The summed E-state index contributed by atoms with van der Waals surface area (Å²) in [6.07, 6.45) is 4.98. The molecule has 9 heteroatoms. The highest BCUT2D eigenvalue weighted by atomic mass is 16.7. The Kier molecular flexibility index (Phi) is 7.96. The molecular weight excluding hydrogens is 498 g/mol. The van der Waals surface area contributed by atoms with Crippen LogP contribution in [0.1, 0.15) is 43.7 Å². The van der Waals surface area contributed by atoms with Crippen LogP contribution in [0, 0.1) is 0 Å². The number of ether oxygens (including phenoxy) is 3. The monoisotopic (exact) mass is 529 g/mol. The van der Waals surface area contributed by atoms with Crippen molar-refractivity contribution < 1.29 is 28.6 Å². The van der Waals surface area contributed by atoms with Crippen LogP contribution < -0.4 is 29.7 Å². The number of benzene rings is 3. The van der Waals surface area contributed by atoms with Crippen molar-refractivity contribution >= 4 is 29.1 Å². The lowest BCUT2D eigenvalue weighted by atomic mass is 9.94. The molecule has 3 aromatic carbocycles. The Morgan fingerprint density at radius 1 is 0.897 bits per heavy atom. The highest BCUT2D eigenvalue weighted by molar-refractivity contribution is 6.45. The van der Waals surface area contributed by atoms with E-state index in [9.17, 15) is 14.4 Å². The molecule has 1 aliphatic heterocycles. The highest BCUT2D eigenvalue weighted by Crippen LogP contribution is 2.35. The molecule has 1 atom stereocenters. The van der Waals surface area contributed by atoms with Gasteiger partial charge in [0.25, 0.3) is 0 Å². The molecular formula is C30H31N3O6. The van der Waals surface area contributed by atoms with E-state index in [4.69, 9.17) is 14.2 Å². The van der Waals surface area contributed by atoms with Gasteiger partial charge in [0, 0.05) is 29.5 Å². The number of fused-ring (bicyclic) bond motifs is 1. The third-order valence-corrected chi connectivity index (χ3v) is 6.95. The van der Waals surface area contributed by atoms with Gasteiger partial charge in [-0.25, -0.2) is 0 Å². The molecule has 5 rings (SSSR count). The van der Waals surface area contributed by atoms with Crippen molar-refractivity contribution in [3.05, 3.63) is 78.4 Å². The van der Waals surface area contributed by atoms with Gasteiger partial charge >= 0.3 is 11.8 Å². The fourth-order valence-electron chi connectivity index (χ4n) is 4.99. The van der Waals surface area contributed by atoms with E-state index in [0.29, 0.717) is 34.2 Å². The lowest BCUT2D eigenvalue weighted by Crippen LogP contribution is -2.50. The largest absolute Gasteiger partial charge is 0.497 e. The summed E-state index contributed by atoms with van der Waals surface area (Å²) >= 11 is 0. The van der Waals surface area contributed by atoms with Gasteiger partial charge in [-0.15, -0.1) is 0 Å². The number of carbonyl (C=O) groups excluding carboxylic acids is 3. The summed E-state index contributed by atoms with van der Waals surface area (Å²) in [4.78, 5) is 42.5. The molecule has 2 aliphatic rings. The quantitative estimate of drug-likeness (QED) is 0.434. The summed E-state index contributed by atoms with van der Waals surface area (Å²) < 4.78 is 16.1. The van der Waals surface area contributed by atoms with Crippen LogP contribution in [0.15, 0.2) is 72.8 Å². The highest BCUT2D eigenvalue weighted by Gasteiger charge is 2.37. The minimum atomic E-state index is -1.09. The van der Waals surface area contributed by atoms with Crippen LogP contribution in [0.5, 0.6) is 17.2 Å². The Bertz CT molecular complexity index is 1340. The molecule has 1 heterocycles. The first-order valence-corrected chi connectivity index (χ1v) is 13.1. The number of methoxy groups -OCH3 is 1. The van der Waals surface area contributed by atoms with Crippen molar-refractivity contribution in [2.75, 3.05) is 24.1 Å². The van der Waals surface area contributed by atoms with Crippen LogP contribution in [0.2, 0.25) is 0 Å². The number of nitrogens with zero attached hydrogens (tertiary/aromatic N) is 1. The van der Waals surface area contributed by atoms with Crippen molar-refractivity contribution in [1.82, 2.24) is 5.32 Å². The number of amides is 3. The zero-order chi connectivity index (χ0) is 27.2. The number of nitrogens with one attached hydrogen (secondary N) is 2. The van der Waals surface area contributed by atoms with Gasteiger partial charge in [0.1, 0.15) is 11.8 Å². The second-order valence-corrected chi connectivity index (χ2v) is 9.56. The predicted octanol–water partition coefficient (Wildman–Crippen LogP) is 4.59. The Balaban J connectivity index is 1.50. The molecule has 1 saturated carbocycles. The average Bonchev–Trinajstić information content (AvgIpc) is 3.44. The van der Waals surface area contributed by atoms with Crippen LogP contribution in [-0.4, -0.2) is 37.7 Å². The Morgan fingerprint density at radius 3 is 2.44 bits per heavy atom. The second-order valence-electron chi connectivity index (χ2n) is 9.56. The van der Waals surface area contributed by atoms with E-state index in [1.807, 2.05) is 6.07 Å². The van der Waals surface area contributed by atoms with E-state index in [0.717, 1.165) is 32.1 Å². The lowest BCUT2D eigenvalue weighted by molar-refractivity contribution is -0.136. The van der Waals surface area contributed by atoms with Crippen molar-refractivity contribution in [1.29, 1.82) is 0 Å². The standard InChI is InChI=1S/C30H31N3O6/c1-37-24-14-8-13-23(18-24)33(30(36)29(35)32-22-15-16-25-26(17-22)39-19-38-25)27(20-9-4-2-5-10-20)28(34)31-21-11-6-3-7-12-21/h2,4-5,8-10,13-18,21,27H,3,6-7,11-12,19H2,1H3,(H,31,34)(H,32,35). The van der Waals surface area contributed by atoms with Crippen LogP contribution in [0.3, 0.4) is 0 Å². The third kappa shape index (κ3) is 5.98. The van der Waals surface area contributed by atoms with Gasteiger partial charge in [-0.05, 0) is 42.7 Å². The van der Waals surface area contributed by atoms with Gasteiger partial charge in [0.05, 0.1) is 7.11 Å². The van der Waals surface area contributed by atoms with Gasteiger partial charge in [-0.2, -0.15) is 0 Å². The molecule has 0 aromatic heterocycles. The first kappa shape index (κ1) is 26.1. The molecule has 9 nitrogen and oxygen atoms in total. The smallest absolute Gasteiger partial charge is 0.317 e. The molecule has 0 spiro atoms. The van der Waals surface area contributed by atoms with E-state index in [2.05, 4.69) is 10.6 Å². The summed E-state index contributed by atoms with van der Waals surface area (Å²) in [5, 5.41) is 5.79. The topological polar surface area (TPSA) is 106 Å². The maximum Gasteiger partial charge on any atom is 0.317 e. The normalized spacial score (nSPS) is 15.2. The van der Waals surface area contributed by atoms with Gasteiger partial charge in [-0.3, -0.25) is 19.3 Å². The van der Waals surface area contributed by atoms with E-state index in [1.165, 1.54) is 12.0 Å². The average molecular weight is 530 g/mol. The molecule has 0 bridgehead atoms. The number of anilines is 2. The van der Waals surface area contributed by atoms with Crippen LogP contribution in [0.4, 0.5) is 11.4 Å². The summed E-state index contributed by atoms with van der Waals surface area (Å²) in [6, 6.07) is 19.6. The molecule has 3 aromatic rings. The fraction of sp³-hybridized carbons (Fsp3) is 0.300. The minimum absolute atomic E-state index is 0.0159. The maximum atomic E-state index is 13.9. The van der Waals surface area contributed by atoms with Gasteiger partial charge in [-0.1, -0.05) is 55.7 Å². The zero-order valence-corrected chi connectivity index (χ0v) is 21.7. The maximum absolute atomic E-state index is 13.9. The first-order valence-electron chi connectivity index (χ1n) is 13.1. The molecule has 1 fully saturated rings. The summed E-state index contributed by atoms with van der Waals surface area (Å²) in [6.45, 7) is 0.0874. The number of carbonyl (C=O) groups is 3. The molecule has 202 valence electrons. The molecule has 1 unspecified atom stereocenters. The van der Waals surface area contributed by atoms with Crippen molar-refractivity contribution in [3.63, 3.8) is 0 Å². The molecule has 39 heavy (non-hydrogen) atoms. The van der Waals surface area contributed by atoms with Crippen molar-refractivity contribution in [2.45, 2.75) is 44.2 Å². The fourth-order valence-corrected chi connectivity index (χ4v) is 4.99. The molecule has 0 saturated heterocycles. The number of rotatable bonds is 7. The second kappa shape index (κ2) is 11.9. The number of hydrogen-bond donors (Lipinski definition) is 2. The Morgan fingerprint density at radius 2 is 1.67 bits per heavy atom. The van der Waals surface area contributed by atoms with E-state index in [-0.39, 0.29) is 18.7 Å². The van der Waals surface area contributed by atoms with Crippen molar-refractivity contribution in [2.24, 2.45) is 0 Å². The third-order valence-electron chi connectivity index (χ3n) is 6.95. The predicted molar refractivity (Wildman–Crippen MR) is 146 cm³/mol. The van der Waals surface area contributed by atoms with Gasteiger partial charge < -0.3 is 24.8 Å². The zero-order valence-electron chi connectivity index (χ0n) is 21.7. The summed E-state index contributed by atoms with van der Waals surface area (Å²) in [7, 11) is 1.52. The summed E-state index contributed by atoms with van der Waals surface area (Å²) in [5.74, 6) is -0.627. The van der Waals surface area contributed by atoms with Gasteiger partial charge in [0.2, 0.25) is 12.7 Å². The SMILES string of the molecule is COc1cccc(N(C(=O)C(=O)Nc2ccc3c(c2)OCO3)C(C(=O)NC2CCCCC2)c2ccccc2)c1. The summed E-state index contributed by atoms with van der Waals surface area (Å²) in [5.41, 5.74) is 1.30. The lowest BCUT2D eigenvalue weighted by Gasteiger charge is -2.33. The van der Waals surface area contributed by atoms with Crippen LogP contribution in [-0.2, 0) is 14.4 Å². The molecule has 1 aliphatic carbocycles. The molecule has 3 amide bonds. The number of hydrogen-bond acceptors (Lipinski definition) is 6. The molecule has 2 N–H and O–H groups in total. The molecule has 0 radical (unpaired) electrons. The van der Waals surface area contributed by atoms with E-state index in [1.54, 1.807) is 66.7 Å². The van der Waals surface area contributed by atoms with E-state index < -0.39 is 17.9 Å². The Hall–Kier alpha value is -4.53. The Labute approximate surface area is 227 Å². The van der Waals surface area contributed by atoms with E-state index >= 15 is 0 Å². The van der Waals surface area contributed by atoms with Crippen LogP contribution >= 0.6 is 0 Å². The van der Waals surface area contributed by atoms with Crippen molar-refractivity contribution in [3.8, 4) is 17.2 Å². The van der Waals surface area contributed by atoms with Crippen LogP contribution in [0.25, 0.3) is 0 Å². The minimum Gasteiger partial charge on any atom is -0.497 e. The first-order chi connectivity index (χ1) is 19.0.